The van der Waals surface area contributed by atoms with E-state index in [9.17, 15) is 4.79 Å². The second kappa shape index (κ2) is 6.27. The smallest absolute Gasteiger partial charge is 0.351 e. The maximum absolute atomic E-state index is 11.4. The molecule has 0 N–H and O–H groups in total. The molecule has 0 fully saturated rings. The van der Waals surface area contributed by atoms with Crippen LogP contribution in [0.2, 0.25) is 5.15 Å². The number of nitrogens with zero attached hydrogens (tertiary/aromatic N) is 1. The summed E-state index contributed by atoms with van der Waals surface area (Å²) in [6, 6.07) is 7.56. The standard InChI is InChI=1S/C12H10ClNO3S2/c1-16-7-4-3-5-8(6-7)18-12-14-10(13)9(19-12)11(15)17-2/h3-6H,1-2H3. The van der Waals surface area contributed by atoms with Crippen LogP contribution in [0, 0.1) is 0 Å². The Kier molecular flexibility index (Phi) is 4.68. The number of rotatable bonds is 4. The minimum Gasteiger partial charge on any atom is -0.497 e. The first-order chi connectivity index (χ1) is 9.13. The van der Waals surface area contributed by atoms with Gasteiger partial charge in [-0.15, -0.1) is 0 Å². The Labute approximate surface area is 123 Å². The van der Waals surface area contributed by atoms with Crippen LogP contribution in [0.4, 0.5) is 0 Å². The lowest BCUT2D eigenvalue weighted by Gasteiger charge is -2.01. The van der Waals surface area contributed by atoms with Crippen molar-refractivity contribution in [2.75, 3.05) is 14.2 Å². The first-order valence-corrected chi connectivity index (χ1v) is 7.21. The minimum atomic E-state index is -0.472. The molecular weight excluding hydrogens is 306 g/mol. The largest absolute Gasteiger partial charge is 0.497 e. The van der Waals surface area contributed by atoms with Crippen molar-refractivity contribution in [2.45, 2.75) is 9.24 Å². The topological polar surface area (TPSA) is 48.4 Å². The first-order valence-electron chi connectivity index (χ1n) is 5.20. The molecule has 0 bridgehead atoms. The summed E-state index contributed by atoms with van der Waals surface area (Å²) in [6.07, 6.45) is 0. The summed E-state index contributed by atoms with van der Waals surface area (Å²) in [5.74, 6) is 0.292. The van der Waals surface area contributed by atoms with Gasteiger partial charge in [0.05, 0.1) is 14.2 Å². The van der Waals surface area contributed by atoms with Crippen LogP contribution >= 0.6 is 34.7 Å². The Hall–Kier alpha value is -1.24. The van der Waals surface area contributed by atoms with Gasteiger partial charge in [0.25, 0.3) is 0 Å². The maximum Gasteiger partial charge on any atom is 0.351 e. The summed E-state index contributed by atoms with van der Waals surface area (Å²) in [5, 5.41) is 0.169. The summed E-state index contributed by atoms with van der Waals surface area (Å²) in [4.78, 5) is 16.8. The number of aromatic nitrogens is 1. The molecule has 4 nitrogen and oxygen atoms in total. The predicted molar refractivity (Wildman–Crippen MR) is 75.6 cm³/mol. The molecule has 1 aromatic heterocycles. The van der Waals surface area contributed by atoms with E-state index in [0.29, 0.717) is 9.22 Å². The van der Waals surface area contributed by atoms with E-state index in [1.54, 1.807) is 7.11 Å². The number of carbonyl (C=O) groups excluding carboxylic acids is 1. The van der Waals surface area contributed by atoms with E-state index >= 15 is 0 Å². The van der Waals surface area contributed by atoms with Crippen molar-refractivity contribution in [3.05, 3.63) is 34.3 Å². The molecular formula is C12H10ClNO3S2. The van der Waals surface area contributed by atoms with Crippen LogP contribution in [0.1, 0.15) is 9.67 Å². The number of hydrogen-bond acceptors (Lipinski definition) is 6. The number of esters is 1. The quantitative estimate of drug-likeness (QED) is 0.804. The Balaban J connectivity index is 2.21. The fourth-order valence-corrected chi connectivity index (χ4v) is 3.66. The van der Waals surface area contributed by atoms with Gasteiger partial charge < -0.3 is 9.47 Å². The molecule has 0 radical (unpaired) electrons. The molecule has 19 heavy (non-hydrogen) atoms. The van der Waals surface area contributed by atoms with E-state index < -0.39 is 5.97 Å². The van der Waals surface area contributed by atoms with E-state index in [1.165, 1.54) is 30.2 Å². The number of ether oxygens (including phenoxy) is 2. The van der Waals surface area contributed by atoms with Crippen molar-refractivity contribution in [1.82, 2.24) is 4.98 Å². The van der Waals surface area contributed by atoms with E-state index in [-0.39, 0.29) is 5.15 Å². The molecule has 2 aromatic rings. The lowest BCUT2D eigenvalue weighted by Crippen LogP contribution is -1.98. The molecule has 0 aliphatic carbocycles. The fraction of sp³-hybridized carbons (Fsp3) is 0.167. The van der Waals surface area contributed by atoms with Gasteiger partial charge in [-0.25, -0.2) is 9.78 Å². The highest BCUT2D eigenvalue weighted by Gasteiger charge is 2.17. The first kappa shape index (κ1) is 14.2. The lowest BCUT2D eigenvalue weighted by atomic mass is 10.3. The molecule has 0 atom stereocenters. The van der Waals surface area contributed by atoms with Gasteiger partial charge in [-0.05, 0) is 18.2 Å². The van der Waals surface area contributed by atoms with E-state index in [2.05, 4.69) is 9.72 Å². The Morgan fingerprint density at radius 3 is 2.89 bits per heavy atom. The van der Waals surface area contributed by atoms with E-state index in [0.717, 1.165) is 10.6 Å². The summed E-state index contributed by atoms with van der Waals surface area (Å²) in [6.45, 7) is 0. The van der Waals surface area contributed by atoms with Crippen LogP contribution in [0.25, 0.3) is 0 Å². The third-order valence-corrected chi connectivity index (χ3v) is 4.65. The molecule has 0 amide bonds. The van der Waals surface area contributed by atoms with E-state index in [4.69, 9.17) is 16.3 Å². The number of benzene rings is 1. The molecule has 0 aliphatic rings. The Bertz CT molecular complexity index is 600. The third-order valence-electron chi connectivity index (χ3n) is 2.18. The minimum absolute atomic E-state index is 0.169. The second-order valence-electron chi connectivity index (χ2n) is 3.37. The van der Waals surface area contributed by atoms with Crippen molar-refractivity contribution < 1.29 is 14.3 Å². The van der Waals surface area contributed by atoms with Gasteiger partial charge in [-0.1, -0.05) is 40.8 Å². The summed E-state index contributed by atoms with van der Waals surface area (Å²) in [7, 11) is 2.92. The fourth-order valence-electron chi connectivity index (χ4n) is 1.31. The molecule has 0 saturated carbocycles. The molecule has 0 aliphatic heterocycles. The summed E-state index contributed by atoms with van der Waals surface area (Å²) >= 11 is 8.52. The zero-order chi connectivity index (χ0) is 13.8. The van der Waals surface area contributed by atoms with Crippen molar-refractivity contribution in [1.29, 1.82) is 0 Å². The zero-order valence-corrected chi connectivity index (χ0v) is 12.6. The van der Waals surface area contributed by atoms with Crippen LogP contribution < -0.4 is 4.74 Å². The number of carbonyl (C=O) groups is 1. The number of hydrogen-bond donors (Lipinski definition) is 0. The molecule has 1 heterocycles. The van der Waals surface area contributed by atoms with Gasteiger partial charge in [0, 0.05) is 4.90 Å². The number of halogens is 1. The average Bonchev–Trinajstić information content (AvgIpc) is 2.79. The van der Waals surface area contributed by atoms with Crippen molar-refractivity contribution in [2.24, 2.45) is 0 Å². The van der Waals surface area contributed by atoms with Gasteiger partial charge in [0.2, 0.25) is 0 Å². The predicted octanol–water partition coefficient (Wildman–Crippen LogP) is 3.74. The van der Waals surface area contributed by atoms with Crippen LogP contribution in [0.5, 0.6) is 5.75 Å². The average molecular weight is 316 g/mol. The highest BCUT2D eigenvalue weighted by atomic mass is 35.5. The normalized spacial score (nSPS) is 10.3. The summed E-state index contributed by atoms with van der Waals surface area (Å²) in [5.41, 5.74) is 0. The van der Waals surface area contributed by atoms with Gasteiger partial charge in [0.1, 0.15) is 5.75 Å². The monoisotopic (exact) mass is 315 g/mol. The van der Waals surface area contributed by atoms with Crippen LogP contribution in [0.15, 0.2) is 33.5 Å². The summed E-state index contributed by atoms with van der Waals surface area (Å²) < 4.78 is 10.5. The van der Waals surface area contributed by atoms with Crippen molar-refractivity contribution >= 4 is 40.7 Å². The Morgan fingerprint density at radius 2 is 2.21 bits per heavy atom. The van der Waals surface area contributed by atoms with Gasteiger partial charge in [-0.2, -0.15) is 0 Å². The molecule has 0 unspecified atom stereocenters. The van der Waals surface area contributed by atoms with Gasteiger partial charge in [0.15, 0.2) is 14.4 Å². The van der Waals surface area contributed by atoms with Crippen molar-refractivity contribution in [3.8, 4) is 5.75 Å². The lowest BCUT2D eigenvalue weighted by molar-refractivity contribution is 0.0606. The van der Waals surface area contributed by atoms with Gasteiger partial charge >= 0.3 is 5.97 Å². The molecule has 0 saturated heterocycles. The molecule has 100 valence electrons. The van der Waals surface area contributed by atoms with Gasteiger partial charge in [-0.3, -0.25) is 0 Å². The van der Waals surface area contributed by atoms with E-state index in [1.807, 2.05) is 24.3 Å². The van der Waals surface area contributed by atoms with Crippen molar-refractivity contribution in [3.63, 3.8) is 0 Å². The third kappa shape index (κ3) is 3.40. The number of methoxy groups -OCH3 is 2. The molecule has 0 spiro atoms. The molecule has 7 heteroatoms. The highest BCUT2D eigenvalue weighted by Crippen LogP contribution is 2.36. The Morgan fingerprint density at radius 1 is 1.42 bits per heavy atom. The SMILES string of the molecule is COC(=O)c1sc(Sc2cccc(OC)c2)nc1Cl. The molecule has 2 rings (SSSR count). The van der Waals surface area contributed by atoms with Crippen LogP contribution in [-0.2, 0) is 4.74 Å². The molecule has 1 aromatic carbocycles. The zero-order valence-electron chi connectivity index (χ0n) is 10.2. The highest BCUT2D eigenvalue weighted by molar-refractivity contribution is 8.01. The van der Waals surface area contributed by atoms with Crippen LogP contribution in [-0.4, -0.2) is 25.2 Å². The number of thiazole rings is 1. The van der Waals surface area contributed by atoms with Crippen LogP contribution in [0.3, 0.4) is 0 Å². The maximum atomic E-state index is 11.4. The second-order valence-corrected chi connectivity index (χ2v) is 6.05.